The lowest BCUT2D eigenvalue weighted by atomic mass is 9.76. The molecule has 3 aromatic rings. The molecule has 214 valence electrons. The lowest BCUT2D eigenvalue weighted by molar-refractivity contribution is -0.191. The normalized spacial score (nSPS) is 31.2. The number of alkyl halides is 2. The Labute approximate surface area is 261 Å². The number of ether oxygens (including phenoxy) is 1. The average molecular weight is 667 g/mol. The second-order valence-corrected chi connectivity index (χ2v) is 12.6. The molecule has 0 bridgehead atoms. The Morgan fingerprint density at radius 1 is 0.857 bits per heavy atom. The third-order valence-corrected chi connectivity index (χ3v) is 9.54. The first-order chi connectivity index (χ1) is 20.4. The van der Waals surface area contributed by atoms with Gasteiger partial charge in [-0.25, -0.2) is 14.7 Å². The van der Waals surface area contributed by atoms with Gasteiger partial charge >= 0.3 is 5.97 Å². The quantitative estimate of drug-likeness (QED) is 0.147. The van der Waals surface area contributed by atoms with E-state index in [2.05, 4.69) is 27.0 Å². The maximum Gasteiger partial charge on any atom is 0.335 e. The summed E-state index contributed by atoms with van der Waals surface area (Å²) in [5, 5.41) is 4.21. The van der Waals surface area contributed by atoms with E-state index in [4.69, 9.17) is 27.9 Å². The van der Waals surface area contributed by atoms with Crippen LogP contribution in [-0.4, -0.2) is 45.2 Å². The van der Waals surface area contributed by atoms with Gasteiger partial charge < -0.3 is 4.74 Å². The Bertz CT molecular complexity index is 1600. The van der Waals surface area contributed by atoms with E-state index < -0.39 is 29.2 Å². The Hall–Kier alpha value is -3.01. The first-order valence-electron chi connectivity index (χ1n) is 13.8. The second-order valence-electron chi connectivity index (χ2n) is 10.9. The van der Waals surface area contributed by atoms with Crippen LogP contribution in [0.2, 0.25) is 0 Å². The first kappa shape index (κ1) is 27.8. The third kappa shape index (κ3) is 3.62. The van der Waals surface area contributed by atoms with Gasteiger partial charge in [-0.05, 0) is 60.7 Å². The van der Waals surface area contributed by atoms with Gasteiger partial charge in [0.05, 0.1) is 16.9 Å². The van der Waals surface area contributed by atoms with Gasteiger partial charge in [0.1, 0.15) is 6.04 Å². The summed E-state index contributed by atoms with van der Waals surface area (Å²) < 4.78 is 7.33. The molecular formula is C32H26BrCl2N3O4. The van der Waals surface area contributed by atoms with Crippen LogP contribution in [0.3, 0.4) is 0 Å². The van der Waals surface area contributed by atoms with E-state index in [1.807, 2.05) is 77.8 Å². The lowest BCUT2D eigenvalue weighted by Gasteiger charge is -2.49. The average Bonchev–Trinajstić information content (AvgIpc) is 3.72. The number of fused-ring (bicyclic) bond motifs is 5. The Kier molecular flexibility index (Phi) is 6.83. The number of imide groups is 1. The minimum Gasteiger partial charge on any atom is -0.432 e. The van der Waals surface area contributed by atoms with Crippen LogP contribution in [0, 0.1) is 5.92 Å². The Balaban J connectivity index is 0.000000923. The maximum atomic E-state index is 14.5. The van der Waals surface area contributed by atoms with Crippen molar-refractivity contribution in [1.29, 1.82) is 0 Å². The summed E-state index contributed by atoms with van der Waals surface area (Å²) in [6, 6.07) is 25.2. The number of para-hydroxylation sites is 1. The highest BCUT2D eigenvalue weighted by atomic mass is 79.9. The molecule has 4 fully saturated rings. The van der Waals surface area contributed by atoms with E-state index in [0.717, 1.165) is 34.9 Å². The second kappa shape index (κ2) is 10.3. The summed E-state index contributed by atoms with van der Waals surface area (Å²) in [5.74, 6) is -2.17. The number of benzene rings is 3. The molecule has 0 unspecified atom stereocenters. The number of hydrogen-bond donors (Lipinski definition) is 0. The van der Waals surface area contributed by atoms with Crippen molar-refractivity contribution >= 4 is 62.6 Å². The Morgan fingerprint density at radius 2 is 1.50 bits per heavy atom. The highest BCUT2D eigenvalue weighted by Crippen LogP contribution is 2.65. The zero-order valence-electron chi connectivity index (χ0n) is 22.3. The number of hydrazine groups is 1. The van der Waals surface area contributed by atoms with Crippen molar-refractivity contribution in [1.82, 2.24) is 10.0 Å². The standard InChI is InChI=1S/C31H24BrN3O4.CH2Cl2/c32-22-16-14-21(15-17-22)31-25-26(28(37)33(27(25)36)23-11-5-2-6-12-23)34-24-13-7-8-19(24)18-30(35(31)34,39-29(31)38)20-9-3-1-4-10-20;2-1-3/h1-6,9-12,14-18,24-26H,7-8,13H2;1H2/t24-,25-,26+,30-,31+;/m0./s1. The molecule has 42 heavy (non-hydrogen) atoms. The SMILES string of the molecule is ClCCl.O=C1[C@@H]2[C@H](C(=O)N1c1ccccc1)N1[C@H]3CCCC3=C[C@@]3(c4ccccc4)OC(=O)[C@]2(c2ccc(Br)cc2)N13. The van der Waals surface area contributed by atoms with Crippen molar-refractivity contribution in [3.05, 3.63) is 112 Å². The predicted molar refractivity (Wildman–Crippen MR) is 162 cm³/mol. The highest BCUT2D eigenvalue weighted by Gasteiger charge is 2.82. The van der Waals surface area contributed by atoms with Crippen LogP contribution < -0.4 is 4.90 Å². The van der Waals surface area contributed by atoms with Gasteiger partial charge in [-0.2, -0.15) is 5.01 Å². The maximum absolute atomic E-state index is 14.5. The lowest BCUT2D eigenvalue weighted by Crippen LogP contribution is -2.63. The van der Waals surface area contributed by atoms with Gasteiger partial charge in [0.25, 0.3) is 5.91 Å². The van der Waals surface area contributed by atoms with E-state index in [1.165, 1.54) is 4.90 Å². The monoisotopic (exact) mass is 665 g/mol. The van der Waals surface area contributed by atoms with Gasteiger partial charge in [0, 0.05) is 16.1 Å². The summed E-state index contributed by atoms with van der Waals surface area (Å²) in [6.07, 6.45) is 4.75. The van der Waals surface area contributed by atoms with Crippen LogP contribution in [0.5, 0.6) is 0 Å². The highest BCUT2D eigenvalue weighted by molar-refractivity contribution is 9.10. The molecule has 2 amide bonds. The number of amides is 2. The zero-order valence-corrected chi connectivity index (χ0v) is 25.4. The van der Waals surface area contributed by atoms with Crippen molar-refractivity contribution in [3.63, 3.8) is 0 Å². The van der Waals surface area contributed by atoms with E-state index in [9.17, 15) is 14.4 Å². The summed E-state index contributed by atoms with van der Waals surface area (Å²) in [7, 11) is 0. The fraction of sp³-hybridized carbons (Fsp3) is 0.281. The van der Waals surface area contributed by atoms with Gasteiger partial charge in [-0.1, -0.05) is 76.6 Å². The van der Waals surface area contributed by atoms with E-state index in [0.29, 0.717) is 11.3 Å². The Morgan fingerprint density at radius 3 is 2.17 bits per heavy atom. The summed E-state index contributed by atoms with van der Waals surface area (Å²) in [4.78, 5) is 44.6. The van der Waals surface area contributed by atoms with Crippen LogP contribution in [0.4, 0.5) is 5.69 Å². The first-order valence-corrected chi connectivity index (χ1v) is 15.7. The molecule has 0 spiro atoms. The van der Waals surface area contributed by atoms with Crippen LogP contribution in [0.15, 0.2) is 101 Å². The van der Waals surface area contributed by atoms with Gasteiger partial charge in [-0.3, -0.25) is 9.59 Å². The molecule has 7 nitrogen and oxygen atoms in total. The number of halogens is 3. The molecular weight excluding hydrogens is 641 g/mol. The number of esters is 1. The molecule has 3 aromatic carbocycles. The molecule has 1 aliphatic carbocycles. The molecule has 1 saturated carbocycles. The number of rotatable bonds is 3. The number of carbonyl (C=O) groups excluding carboxylic acids is 3. The van der Waals surface area contributed by atoms with E-state index >= 15 is 0 Å². The van der Waals surface area contributed by atoms with Crippen molar-refractivity contribution in [2.45, 2.75) is 42.6 Å². The number of carbonyl (C=O) groups is 3. The molecule has 5 atom stereocenters. The molecule has 0 radical (unpaired) electrons. The van der Waals surface area contributed by atoms with Gasteiger partial charge in [-0.15, -0.1) is 23.2 Å². The summed E-state index contributed by atoms with van der Waals surface area (Å²) in [5.41, 5.74) is 0.316. The molecule has 4 heterocycles. The van der Waals surface area contributed by atoms with Crippen molar-refractivity contribution < 1.29 is 19.1 Å². The van der Waals surface area contributed by atoms with Crippen molar-refractivity contribution in [3.8, 4) is 0 Å². The molecule has 5 aliphatic rings. The number of nitrogens with zero attached hydrogens (tertiary/aromatic N) is 3. The van der Waals surface area contributed by atoms with Crippen LogP contribution in [-0.2, 0) is 30.4 Å². The van der Waals surface area contributed by atoms with Crippen molar-refractivity contribution in [2.75, 3.05) is 10.2 Å². The number of hydrogen-bond acceptors (Lipinski definition) is 6. The van der Waals surface area contributed by atoms with Crippen LogP contribution in [0.25, 0.3) is 0 Å². The van der Waals surface area contributed by atoms with E-state index in [-0.39, 0.29) is 23.2 Å². The number of anilines is 1. The molecule has 10 heteroatoms. The molecule has 8 rings (SSSR count). The molecule has 0 aromatic heterocycles. The van der Waals surface area contributed by atoms with E-state index in [1.54, 1.807) is 12.1 Å². The largest absolute Gasteiger partial charge is 0.432 e. The summed E-state index contributed by atoms with van der Waals surface area (Å²) >= 11 is 13.0. The van der Waals surface area contributed by atoms with Crippen LogP contribution >= 0.6 is 39.1 Å². The fourth-order valence-electron chi connectivity index (χ4n) is 7.57. The molecule has 4 aliphatic heterocycles. The molecule has 0 N–H and O–H groups in total. The smallest absolute Gasteiger partial charge is 0.335 e. The minimum atomic E-state index is -1.51. The summed E-state index contributed by atoms with van der Waals surface area (Å²) in [6.45, 7) is 0. The third-order valence-electron chi connectivity index (χ3n) is 9.01. The van der Waals surface area contributed by atoms with Crippen molar-refractivity contribution in [2.24, 2.45) is 5.92 Å². The van der Waals surface area contributed by atoms with Gasteiger partial charge in [0.15, 0.2) is 5.54 Å². The predicted octanol–water partition coefficient (Wildman–Crippen LogP) is 6.06. The van der Waals surface area contributed by atoms with Crippen LogP contribution in [0.1, 0.15) is 30.4 Å². The zero-order chi connectivity index (χ0) is 29.2. The molecule has 3 saturated heterocycles. The fourth-order valence-corrected chi connectivity index (χ4v) is 7.84. The van der Waals surface area contributed by atoms with Gasteiger partial charge in [0.2, 0.25) is 11.6 Å². The minimum absolute atomic E-state index is 0.0892. The topological polar surface area (TPSA) is 70.2 Å².